The maximum Gasteiger partial charge on any atom is 0.330 e. The molecule has 0 aromatic carbocycles. The van der Waals surface area contributed by atoms with Gasteiger partial charge in [0, 0.05) is 18.7 Å². The molecule has 0 saturated heterocycles. The van der Waals surface area contributed by atoms with E-state index < -0.39 is 5.97 Å². The van der Waals surface area contributed by atoms with Crippen LogP contribution in [0.2, 0.25) is 0 Å². The Hall–Kier alpha value is -1.32. The number of hydrogen-bond donors (Lipinski definition) is 2. The minimum Gasteiger partial charge on any atom is -0.478 e. The van der Waals surface area contributed by atoms with Gasteiger partial charge in [-0.3, -0.25) is 4.79 Å². The van der Waals surface area contributed by atoms with Crippen molar-refractivity contribution in [3.63, 3.8) is 0 Å². The molecule has 0 rings (SSSR count). The Morgan fingerprint density at radius 2 is 2.08 bits per heavy atom. The normalized spacial score (nSPS) is 11.0. The molecular formula is C8H13NO3. The Bertz CT molecular complexity index is 208. The Balaban J connectivity index is 4.21. The van der Waals surface area contributed by atoms with Crippen molar-refractivity contribution in [2.24, 2.45) is 0 Å². The molecule has 0 fully saturated rings. The maximum atomic E-state index is 10.6. The highest BCUT2D eigenvalue weighted by atomic mass is 16.4. The molecule has 0 unspecified atom stereocenters. The summed E-state index contributed by atoms with van der Waals surface area (Å²) in [4.78, 5) is 20.8. The van der Waals surface area contributed by atoms with Crippen LogP contribution in [0.25, 0.3) is 0 Å². The van der Waals surface area contributed by atoms with Crippen LogP contribution in [-0.4, -0.2) is 17.0 Å². The molecule has 0 radical (unpaired) electrons. The van der Waals surface area contributed by atoms with Crippen molar-refractivity contribution in [1.29, 1.82) is 0 Å². The zero-order valence-electron chi connectivity index (χ0n) is 7.26. The van der Waals surface area contributed by atoms with Gasteiger partial charge in [0.2, 0.25) is 5.91 Å². The van der Waals surface area contributed by atoms with Crippen LogP contribution in [0.1, 0.15) is 26.7 Å². The van der Waals surface area contributed by atoms with Crippen molar-refractivity contribution in [2.75, 3.05) is 0 Å². The summed E-state index contributed by atoms with van der Waals surface area (Å²) in [7, 11) is 0. The third kappa shape index (κ3) is 5.46. The van der Waals surface area contributed by atoms with E-state index in [0.717, 1.165) is 12.5 Å². The first kappa shape index (κ1) is 10.7. The molecule has 0 aromatic rings. The summed E-state index contributed by atoms with van der Waals surface area (Å²) >= 11 is 0. The third-order valence-corrected chi connectivity index (χ3v) is 1.15. The first-order valence-corrected chi connectivity index (χ1v) is 3.77. The second-order valence-electron chi connectivity index (χ2n) is 2.44. The van der Waals surface area contributed by atoms with E-state index in [4.69, 9.17) is 5.11 Å². The van der Waals surface area contributed by atoms with E-state index in [9.17, 15) is 9.59 Å². The average Bonchev–Trinajstić information content (AvgIpc) is 1.84. The van der Waals surface area contributed by atoms with E-state index in [1.807, 2.05) is 6.92 Å². The molecule has 1 amide bonds. The van der Waals surface area contributed by atoms with E-state index >= 15 is 0 Å². The monoisotopic (exact) mass is 171 g/mol. The van der Waals surface area contributed by atoms with Gasteiger partial charge in [0.1, 0.15) is 0 Å². The van der Waals surface area contributed by atoms with Crippen molar-refractivity contribution < 1.29 is 14.7 Å². The van der Waals surface area contributed by atoms with Gasteiger partial charge < -0.3 is 10.4 Å². The average molecular weight is 171 g/mol. The lowest BCUT2D eigenvalue weighted by atomic mass is 10.2. The van der Waals surface area contributed by atoms with Crippen LogP contribution in [0, 0.1) is 0 Å². The Labute approximate surface area is 71.3 Å². The summed E-state index contributed by atoms with van der Waals surface area (Å²) in [6.07, 6.45) is 2.40. The Morgan fingerprint density at radius 1 is 1.50 bits per heavy atom. The molecule has 0 aliphatic heterocycles. The molecule has 0 aliphatic rings. The highest BCUT2D eigenvalue weighted by Crippen LogP contribution is 1.99. The van der Waals surface area contributed by atoms with Gasteiger partial charge in [-0.1, -0.05) is 13.3 Å². The van der Waals surface area contributed by atoms with Gasteiger partial charge in [0.15, 0.2) is 0 Å². The number of carbonyl (C=O) groups is 2. The van der Waals surface area contributed by atoms with Crippen LogP contribution in [0.15, 0.2) is 11.8 Å². The number of carboxylic acid groups (broad SMARTS) is 1. The summed E-state index contributed by atoms with van der Waals surface area (Å²) in [5, 5.41) is 10.8. The number of amides is 1. The zero-order valence-corrected chi connectivity index (χ0v) is 7.26. The molecule has 0 bridgehead atoms. The molecule has 12 heavy (non-hydrogen) atoms. The number of carbonyl (C=O) groups excluding carboxylic acids is 1. The van der Waals surface area contributed by atoms with Gasteiger partial charge in [-0.25, -0.2) is 4.79 Å². The van der Waals surface area contributed by atoms with Crippen molar-refractivity contribution in [3.8, 4) is 0 Å². The summed E-state index contributed by atoms with van der Waals surface area (Å²) in [6, 6.07) is 0. The largest absolute Gasteiger partial charge is 0.478 e. The van der Waals surface area contributed by atoms with E-state index in [1.54, 1.807) is 0 Å². The van der Waals surface area contributed by atoms with E-state index in [0.29, 0.717) is 12.1 Å². The number of nitrogens with one attached hydrogen (secondary N) is 1. The highest BCUT2D eigenvalue weighted by Gasteiger charge is 2.00. The van der Waals surface area contributed by atoms with Crippen LogP contribution < -0.4 is 5.32 Å². The van der Waals surface area contributed by atoms with Gasteiger partial charge in [0.25, 0.3) is 0 Å². The Kier molecular flexibility index (Phi) is 4.76. The number of aliphatic carboxylic acids is 1. The zero-order chi connectivity index (χ0) is 9.56. The van der Waals surface area contributed by atoms with Crippen LogP contribution >= 0.6 is 0 Å². The van der Waals surface area contributed by atoms with E-state index in [-0.39, 0.29) is 5.91 Å². The number of hydrogen-bond acceptors (Lipinski definition) is 2. The molecule has 0 atom stereocenters. The molecule has 0 aromatic heterocycles. The van der Waals surface area contributed by atoms with Crippen molar-refractivity contribution in [1.82, 2.24) is 5.32 Å². The third-order valence-electron chi connectivity index (χ3n) is 1.15. The maximum absolute atomic E-state index is 10.6. The fourth-order valence-corrected chi connectivity index (χ4v) is 0.815. The van der Waals surface area contributed by atoms with Gasteiger partial charge in [-0.05, 0) is 6.42 Å². The minimum atomic E-state index is -1.03. The molecule has 68 valence electrons. The van der Waals surface area contributed by atoms with Crippen LogP contribution in [0.5, 0.6) is 0 Å². The molecule has 4 nitrogen and oxygen atoms in total. The van der Waals surface area contributed by atoms with E-state index in [1.165, 1.54) is 6.92 Å². The number of carboxylic acids is 1. The topological polar surface area (TPSA) is 66.4 Å². The van der Waals surface area contributed by atoms with Crippen molar-refractivity contribution in [2.45, 2.75) is 26.7 Å². The van der Waals surface area contributed by atoms with E-state index in [2.05, 4.69) is 5.32 Å². The van der Waals surface area contributed by atoms with Crippen LogP contribution in [0.3, 0.4) is 0 Å². The summed E-state index contributed by atoms with van der Waals surface area (Å²) in [5.41, 5.74) is 0.456. The SMILES string of the molecule is CCC/C(=C/C(=O)O)NC(C)=O. The fourth-order valence-electron chi connectivity index (χ4n) is 0.815. The lowest BCUT2D eigenvalue weighted by Crippen LogP contribution is -2.19. The lowest BCUT2D eigenvalue weighted by Gasteiger charge is -2.04. The molecule has 0 aliphatic carbocycles. The minimum absolute atomic E-state index is 0.240. The molecular weight excluding hydrogens is 158 g/mol. The Morgan fingerprint density at radius 3 is 2.42 bits per heavy atom. The first-order valence-electron chi connectivity index (χ1n) is 3.77. The predicted molar refractivity (Wildman–Crippen MR) is 44.4 cm³/mol. The predicted octanol–water partition coefficient (Wildman–Crippen LogP) is 0.891. The van der Waals surface area contributed by atoms with Gasteiger partial charge >= 0.3 is 5.97 Å². The molecule has 0 spiro atoms. The highest BCUT2D eigenvalue weighted by molar-refractivity contribution is 5.82. The molecule has 0 heterocycles. The van der Waals surface area contributed by atoms with Crippen LogP contribution in [-0.2, 0) is 9.59 Å². The summed E-state index contributed by atoms with van der Waals surface area (Å²) < 4.78 is 0. The van der Waals surface area contributed by atoms with Gasteiger partial charge in [-0.15, -0.1) is 0 Å². The van der Waals surface area contributed by atoms with Crippen LogP contribution in [0.4, 0.5) is 0 Å². The molecule has 4 heteroatoms. The first-order chi connectivity index (χ1) is 5.56. The van der Waals surface area contributed by atoms with Crippen molar-refractivity contribution in [3.05, 3.63) is 11.8 Å². The summed E-state index contributed by atoms with van der Waals surface area (Å²) in [6.45, 7) is 3.27. The number of rotatable bonds is 4. The molecule has 0 saturated carbocycles. The quantitative estimate of drug-likeness (QED) is 0.617. The second kappa shape index (κ2) is 5.35. The second-order valence-corrected chi connectivity index (χ2v) is 2.44. The van der Waals surface area contributed by atoms with Crippen molar-refractivity contribution >= 4 is 11.9 Å². The smallest absolute Gasteiger partial charge is 0.330 e. The standard InChI is InChI=1S/C8H13NO3/c1-3-4-7(5-8(11)12)9-6(2)10/h5H,3-4H2,1-2H3,(H,9,10)(H,11,12)/b7-5-. The lowest BCUT2D eigenvalue weighted by molar-refractivity contribution is -0.131. The fraction of sp³-hybridized carbons (Fsp3) is 0.500. The van der Waals surface area contributed by atoms with Gasteiger partial charge in [-0.2, -0.15) is 0 Å². The number of allylic oxidation sites excluding steroid dienone is 1. The van der Waals surface area contributed by atoms with Gasteiger partial charge in [0.05, 0.1) is 0 Å². The molecule has 2 N–H and O–H groups in total. The summed E-state index contributed by atoms with van der Waals surface area (Å²) in [5.74, 6) is -1.27.